The highest BCUT2D eigenvalue weighted by Crippen LogP contribution is 2.31. The van der Waals surface area contributed by atoms with E-state index in [4.69, 9.17) is 10.5 Å². The van der Waals surface area contributed by atoms with Crippen LogP contribution in [0, 0.1) is 5.92 Å². The first-order valence-corrected chi connectivity index (χ1v) is 15.8. The summed E-state index contributed by atoms with van der Waals surface area (Å²) in [5.41, 5.74) is 10.6. The van der Waals surface area contributed by atoms with Crippen LogP contribution >= 0.6 is 0 Å². The standard InChI is InChI=1S/C34H50N4O3/c1-4-6-8-27-11-13-30(14-12-27)33(39)36-31-10-7-9-28(25-31)24-26(3)38(19-5-2)20-15-29(16-21-38)32(35)34(40)37-17-22-41-23-18-37/h7,9-14,25-26,29,32H,4-6,8,15-24,35H2,1-3H3/p+1. The fourth-order valence-corrected chi connectivity index (χ4v) is 6.71. The van der Waals surface area contributed by atoms with Crippen molar-refractivity contribution in [3.63, 3.8) is 0 Å². The molecule has 2 aromatic rings. The van der Waals surface area contributed by atoms with Gasteiger partial charge >= 0.3 is 0 Å². The van der Waals surface area contributed by atoms with Gasteiger partial charge in [0.25, 0.3) is 5.91 Å². The minimum atomic E-state index is -0.417. The number of ether oxygens (including phenoxy) is 1. The number of likely N-dealkylation sites (tertiary alicyclic amines) is 1. The molecular formula is C34H51N4O3+. The van der Waals surface area contributed by atoms with E-state index in [9.17, 15) is 9.59 Å². The van der Waals surface area contributed by atoms with Crippen molar-refractivity contribution in [1.29, 1.82) is 0 Å². The lowest BCUT2D eigenvalue weighted by atomic mass is 9.86. The number of carbonyl (C=O) groups is 2. The minimum Gasteiger partial charge on any atom is -0.378 e. The average Bonchev–Trinajstić information content (AvgIpc) is 3.00. The Bertz CT molecular complexity index is 1120. The van der Waals surface area contributed by atoms with Crippen LogP contribution in [0.25, 0.3) is 0 Å². The zero-order valence-corrected chi connectivity index (χ0v) is 25.4. The van der Waals surface area contributed by atoms with Crippen LogP contribution in [0.15, 0.2) is 48.5 Å². The summed E-state index contributed by atoms with van der Waals surface area (Å²) in [6.07, 6.45) is 7.42. The second kappa shape index (κ2) is 14.9. The number of hydrogen-bond acceptors (Lipinski definition) is 4. The first-order valence-electron chi connectivity index (χ1n) is 15.8. The predicted molar refractivity (Wildman–Crippen MR) is 166 cm³/mol. The summed E-state index contributed by atoms with van der Waals surface area (Å²) in [4.78, 5) is 27.8. The molecule has 4 rings (SSSR count). The van der Waals surface area contributed by atoms with Crippen LogP contribution in [0.4, 0.5) is 5.69 Å². The molecule has 2 fully saturated rings. The molecule has 2 aromatic carbocycles. The minimum absolute atomic E-state index is 0.0724. The van der Waals surface area contributed by atoms with Crippen molar-refractivity contribution in [2.75, 3.05) is 51.3 Å². The maximum Gasteiger partial charge on any atom is 0.255 e. The molecule has 2 atom stereocenters. The summed E-state index contributed by atoms with van der Waals surface area (Å²) < 4.78 is 6.47. The van der Waals surface area contributed by atoms with Crippen LogP contribution in [0.3, 0.4) is 0 Å². The van der Waals surface area contributed by atoms with Crippen LogP contribution in [0.2, 0.25) is 0 Å². The summed E-state index contributed by atoms with van der Waals surface area (Å²) in [6.45, 7) is 12.6. The number of hydrogen-bond donors (Lipinski definition) is 2. The molecule has 2 heterocycles. The zero-order chi connectivity index (χ0) is 29.2. The van der Waals surface area contributed by atoms with E-state index in [-0.39, 0.29) is 17.7 Å². The summed E-state index contributed by atoms with van der Waals surface area (Å²) in [6, 6.07) is 16.3. The molecule has 3 N–H and O–H groups in total. The predicted octanol–water partition coefficient (Wildman–Crippen LogP) is 5.04. The Morgan fingerprint density at radius 3 is 2.39 bits per heavy atom. The maximum atomic E-state index is 13.0. The van der Waals surface area contributed by atoms with Gasteiger partial charge in [-0.1, -0.05) is 44.5 Å². The Labute approximate surface area is 247 Å². The largest absolute Gasteiger partial charge is 0.378 e. The number of benzene rings is 2. The fraction of sp³-hybridized carbons (Fsp3) is 0.588. The van der Waals surface area contributed by atoms with Crippen molar-refractivity contribution >= 4 is 17.5 Å². The smallest absolute Gasteiger partial charge is 0.255 e. The Morgan fingerprint density at radius 2 is 1.73 bits per heavy atom. The third kappa shape index (κ3) is 8.18. The molecule has 0 radical (unpaired) electrons. The lowest BCUT2D eigenvalue weighted by Gasteiger charge is -2.49. The second-order valence-corrected chi connectivity index (χ2v) is 12.2. The van der Waals surface area contributed by atoms with E-state index < -0.39 is 6.04 Å². The van der Waals surface area contributed by atoms with Gasteiger partial charge in [-0.3, -0.25) is 9.59 Å². The third-order valence-corrected chi connectivity index (χ3v) is 9.36. The first-order chi connectivity index (χ1) is 19.8. The molecule has 2 saturated heterocycles. The number of nitrogens with two attached hydrogens (primary N) is 1. The molecule has 0 bridgehead atoms. The van der Waals surface area contributed by atoms with Gasteiger partial charge in [-0.15, -0.1) is 0 Å². The van der Waals surface area contributed by atoms with Gasteiger partial charge in [0, 0.05) is 43.6 Å². The number of nitrogens with one attached hydrogen (secondary N) is 1. The third-order valence-electron chi connectivity index (χ3n) is 9.36. The van der Waals surface area contributed by atoms with Crippen LogP contribution in [-0.4, -0.2) is 79.2 Å². The summed E-state index contributed by atoms with van der Waals surface area (Å²) in [5.74, 6) is 0.254. The average molecular weight is 564 g/mol. The van der Waals surface area contributed by atoms with E-state index in [0.29, 0.717) is 37.9 Å². The molecule has 7 heteroatoms. The van der Waals surface area contributed by atoms with Crippen LogP contribution in [-0.2, 0) is 22.4 Å². The van der Waals surface area contributed by atoms with Gasteiger partial charge in [-0.05, 0) is 67.5 Å². The van der Waals surface area contributed by atoms with Crippen molar-refractivity contribution in [3.8, 4) is 0 Å². The van der Waals surface area contributed by atoms with E-state index in [1.807, 2.05) is 29.2 Å². The van der Waals surface area contributed by atoms with Crippen molar-refractivity contribution < 1.29 is 18.8 Å². The number of morpholine rings is 1. The number of aryl methyl sites for hydroxylation is 1. The topological polar surface area (TPSA) is 84.7 Å². The molecule has 2 aliphatic rings. The van der Waals surface area contributed by atoms with Gasteiger partial charge in [-0.25, -0.2) is 0 Å². The van der Waals surface area contributed by atoms with Gasteiger partial charge in [0.1, 0.15) is 0 Å². The Kier molecular flexibility index (Phi) is 11.4. The van der Waals surface area contributed by atoms with Gasteiger partial charge in [0.15, 0.2) is 0 Å². The normalized spacial score (nSPS) is 22.6. The molecule has 2 unspecified atom stereocenters. The number of rotatable bonds is 12. The zero-order valence-electron chi connectivity index (χ0n) is 25.4. The molecule has 0 aliphatic carbocycles. The number of piperidine rings is 1. The van der Waals surface area contributed by atoms with Gasteiger partial charge in [0.05, 0.1) is 44.9 Å². The molecular weight excluding hydrogens is 512 g/mol. The lowest BCUT2D eigenvalue weighted by Crippen LogP contribution is -2.61. The molecule has 0 saturated carbocycles. The highest BCUT2D eigenvalue weighted by Gasteiger charge is 2.41. The number of carbonyl (C=O) groups excluding carboxylic acids is 2. The Morgan fingerprint density at radius 1 is 1.02 bits per heavy atom. The Balaban J connectivity index is 1.35. The monoisotopic (exact) mass is 563 g/mol. The molecule has 224 valence electrons. The molecule has 2 amide bonds. The quantitative estimate of drug-likeness (QED) is 0.355. The molecule has 7 nitrogen and oxygen atoms in total. The first kappa shape index (κ1) is 31.2. The number of quaternary nitrogens is 1. The van der Waals surface area contributed by atoms with Gasteiger partial charge < -0.3 is 25.2 Å². The molecule has 41 heavy (non-hydrogen) atoms. The van der Waals surface area contributed by atoms with E-state index in [2.05, 4.69) is 50.4 Å². The van der Waals surface area contributed by atoms with Crippen molar-refractivity contribution in [1.82, 2.24) is 4.90 Å². The second-order valence-electron chi connectivity index (χ2n) is 12.2. The van der Waals surface area contributed by atoms with Crippen LogP contribution in [0.1, 0.15) is 74.4 Å². The highest BCUT2D eigenvalue weighted by molar-refractivity contribution is 6.04. The van der Waals surface area contributed by atoms with E-state index >= 15 is 0 Å². The summed E-state index contributed by atoms with van der Waals surface area (Å²) in [7, 11) is 0. The number of nitrogens with zero attached hydrogens (tertiary/aromatic N) is 2. The number of amides is 2. The fourth-order valence-electron chi connectivity index (χ4n) is 6.71. The summed E-state index contributed by atoms with van der Waals surface area (Å²) >= 11 is 0. The van der Waals surface area contributed by atoms with E-state index in [1.54, 1.807) is 0 Å². The van der Waals surface area contributed by atoms with Crippen LogP contribution < -0.4 is 11.1 Å². The maximum absolute atomic E-state index is 13.0. The van der Waals surface area contributed by atoms with E-state index in [0.717, 1.165) is 68.3 Å². The number of unbranched alkanes of at least 4 members (excludes halogenated alkanes) is 1. The van der Waals surface area contributed by atoms with Crippen molar-refractivity contribution in [2.24, 2.45) is 11.7 Å². The number of anilines is 1. The van der Waals surface area contributed by atoms with Gasteiger partial charge in [-0.2, -0.15) is 0 Å². The molecule has 0 spiro atoms. The van der Waals surface area contributed by atoms with E-state index in [1.165, 1.54) is 17.5 Å². The molecule has 2 aliphatic heterocycles. The molecule has 0 aromatic heterocycles. The SMILES string of the molecule is CCCCc1ccc(C(=O)Nc2cccc(CC(C)[N+]3(CCC)CCC(C(N)C(=O)N4CCOCC4)CC3)c2)cc1. The van der Waals surface area contributed by atoms with Crippen molar-refractivity contribution in [3.05, 3.63) is 65.2 Å². The van der Waals surface area contributed by atoms with Gasteiger partial charge in [0.2, 0.25) is 5.91 Å². The van der Waals surface area contributed by atoms with Crippen molar-refractivity contribution in [2.45, 2.75) is 77.8 Å². The lowest BCUT2D eigenvalue weighted by molar-refractivity contribution is -0.954. The van der Waals surface area contributed by atoms with Crippen LogP contribution in [0.5, 0.6) is 0 Å². The highest BCUT2D eigenvalue weighted by atomic mass is 16.5. The Hall–Kier alpha value is -2.74. The summed E-state index contributed by atoms with van der Waals surface area (Å²) in [5, 5.41) is 3.10.